The zero-order chi connectivity index (χ0) is 21.6. The number of pyridine rings is 1. The van der Waals surface area contributed by atoms with E-state index in [1.165, 1.54) is 18.2 Å². The number of hydrogen-bond donors (Lipinski definition) is 1. The van der Waals surface area contributed by atoms with Crippen molar-refractivity contribution in [3.05, 3.63) is 54.9 Å². The molecule has 1 fully saturated rings. The number of aryl methyl sites for hydroxylation is 1. The molecule has 1 aliphatic carbocycles. The number of allylic oxidation sites excluding steroid dienone is 1. The van der Waals surface area contributed by atoms with Crippen LogP contribution in [0.15, 0.2) is 30.8 Å². The molecule has 0 aliphatic heterocycles. The number of carbonyl (C=O) groups is 1. The monoisotopic (exact) mass is 508 g/mol. The van der Waals surface area contributed by atoms with Gasteiger partial charge in [-0.1, -0.05) is 31.7 Å². The molecule has 1 amide bonds. The van der Waals surface area contributed by atoms with Crippen LogP contribution in [0, 0.1) is 12.8 Å². The van der Waals surface area contributed by atoms with Crippen LogP contribution >= 0.6 is 0 Å². The van der Waals surface area contributed by atoms with Crippen LogP contribution in [-0.2, 0) is 30.7 Å². The summed E-state index contributed by atoms with van der Waals surface area (Å²) in [4.78, 5) is 15.8. The molecule has 1 radical (unpaired) electrons. The Balaban J connectivity index is 0.00000106. The number of alkyl halides is 3. The van der Waals surface area contributed by atoms with Crippen molar-refractivity contribution in [2.45, 2.75) is 45.2 Å². The van der Waals surface area contributed by atoms with Crippen molar-refractivity contribution in [2.75, 3.05) is 6.54 Å². The third-order valence-corrected chi connectivity index (χ3v) is 4.41. The molecule has 0 bridgehead atoms. The summed E-state index contributed by atoms with van der Waals surface area (Å²) in [6.07, 6.45) is -0.766. The number of benzene rings is 1. The fourth-order valence-corrected chi connectivity index (χ4v) is 2.79. The Kier molecular flexibility index (Phi) is 9.95. The molecule has 0 atom stereocenters. The number of carbonyl (C=O) groups excluding carboxylic acids is 1. The van der Waals surface area contributed by atoms with Crippen molar-refractivity contribution in [3.8, 4) is 0 Å². The molecule has 30 heavy (non-hydrogen) atoms. The molecule has 3 rings (SSSR count). The van der Waals surface area contributed by atoms with Gasteiger partial charge >= 0.3 is 25.7 Å². The van der Waals surface area contributed by atoms with Crippen LogP contribution in [0.3, 0.4) is 0 Å². The minimum absolute atomic E-state index is 0. The first-order valence-electron chi connectivity index (χ1n) is 9.66. The summed E-state index contributed by atoms with van der Waals surface area (Å²) >= 11 is 0. The van der Waals surface area contributed by atoms with Crippen LogP contribution < -0.4 is 5.32 Å². The van der Waals surface area contributed by atoms with E-state index >= 15 is 0 Å². The van der Waals surface area contributed by atoms with E-state index in [0.717, 1.165) is 19.3 Å². The standard InChI is InChI=1S/C19H19F3N3O.C3H7.Rh/c1-11(19(20,21)22)17-14-5-2-6-16(23)15(14)10-13(25-17)4-3-9-24-18(26)12-7-8-12;1-3-2;/h2,5-6,10,12,23H,1,3-4,7-9H2,(H,24,26);1,3H2,2H3;/q2*-1;+2. The van der Waals surface area contributed by atoms with Crippen molar-refractivity contribution in [3.63, 3.8) is 0 Å². The third kappa shape index (κ3) is 7.08. The van der Waals surface area contributed by atoms with Gasteiger partial charge in [-0.15, -0.1) is 5.69 Å². The van der Waals surface area contributed by atoms with Crippen molar-refractivity contribution in [1.82, 2.24) is 10.3 Å². The molecule has 0 unspecified atom stereocenters. The molecule has 2 aromatic rings. The predicted octanol–water partition coefficient (Wildman–Crippen LogP) is 6.18. The van der Waals surface area contributed by atoms with Gasteiger partial charge in [0.05, 0.1) is 11.3 Å². The molecule has 1 aliphatic rings. The maximum absolute atomic E-state index is 13.1. The molecule has 0 saturated heterocycles. The van der Waals surface area contributed by atoms with Crippen LogP contribution in [0.2, 0.25) is 0 Å². The van der Waals surface area contributed by atoms with Crippen molar-refractivity contribution in [1.29, 1.82) is 0 Å². The van der Waals surface area contributed by atoms with Crippen LogP contribution in [0.4, 0.5) is 18.9 Å². The minimum Gasteiger partial charge on any atom is -0.698 e. The molecule has 165 valence electrons. The second kappa shape index (κ2) is 11.4. The zero-order valence-corrected chi connectivity index (χ0v) is 18.5. The number of halogens is 3. The van der Waals surface area contributed by atoms with E-state index in [-0.39, 0.29) is 48.1 Å². The largest absolute Gasteiger partial charge is 2.00 e. The fraction of sp³-hybridized carbons (Fsp3) is 0.409. The van der Waals surface area contributed by atoms with Gasteiger partial charge in [0.25, 0.3) is 0 Å². The molecular formula is C22H26F3N3ORh. The number of fused-ring (bicyclic) bond motifs is 1. The maximum atomic E-state index is 13.1. The average Bonchev–Trinajstić information content (AvgIpc) is 3.50. The van der Waals surface area contributed by atoms with E-state index in [4.69, 9.17) is 5.73 Å². The van der Waals surface area contributed by atoms with Crippen molar-refractivity contribution in [2.24, 2.45) is 5.92 Å². The first-order chi connectivity index (χ1) is 13.7. The van der Waals surface area contributed by atoms with E-state index in [9.17, 15) is 18.0 Å². The minimum atomic E-state index is -4.59. The maximum Gasteiger partial charge on any atom is 2.00 e. The van der Waals surface area contributed by atoms with Crippen LogP contribution in [-0.4, -0.2) is 23.6 Å². The van der Waals surface area contributed by atoms with Crippen molar-refractivity contribution < 1.29 is 37.4 Å². The molecular weight excluding hydrogens is 482 g/mol. The Labute approximate surface area is 188 Å². The van der Waals surface area contributed by atoms with Crippen LogP contribution in [0.5, 0.6) is 0 Å². The number of amides is 1. The first-order valence-corrected chi connectivity index (χ1v) is 9.66. The molecule has 1 heterocycles. The van der Waals surface area contributed by atoms with Gasteiger partial charge in [0.15, 0.2) is 0 Å². The summed E-state index contributed by atoms with van der Waals surface area (Å²) in [6, 6.07) is 6.23. The summed E-state index contributed by atoms with van der Waals surface area (Å²) in [6.45, 7) is 9.11. The van der Waals surface area contributed by atoms with Gasteiger partial charge in [0, 0.05) is 23.5 Å². The summed E-state index contributed by atoms with van der Waals surface area (Å²) in [5.74, 6) is 0.164. The number of rotatable bonds is 6. The predicted molar refractivity (Wildman–Crippen MR) is 111 cm³/mol. The molecule has 0 spiro atoms. The van der Waals surface area contributed by atoms with Crippen molar-refractivity contribution >= 4 is 27.9 Å². The zero-order valence-electron chi connectivity index (χ0n) is 16.9. The summed E-state index contributed by atoms with van der Waals surface area (Å²) in [5.41, 5.74) is 7.33. The summed E-state index contributed by atoms with van der Waals surface area (Å²) in [5, 5.41) is 3.51. The number of nitrogens with zero attached hydrogens (tertiary/aromatic N) is 1. The quantitative estimate of drug-likeness (QED) is 0.288. The van der Waals surface area contributed by atoms with E-state index in [2.05, 4.69) is 23.8 Å². The Hall–Kier alpha value is -1.95. The summed E-state index contributed by atoms with van der Waals surface area (Å²) < 4.78 is 39.4. The van der Waals surface area contributed by atoms with E-state index in [1.807, 2.05) is 6.92 Å². The third-order valence-electron chi connectivity index (χ3n) is 4.41. The van der Waals surface area contributed by atoms with Crippen LogP contribution in [0.1, 0.15) is 44.0 Å². The second-order valence-corrected chi connectivity index (χ2v) is 7.01. The summed E-state index contributed by atoms with van der Waals surface area (Å²) in [7, 11) is 0. The van der Waals surface area contributed by atoms with Gasteiger partial charge in [0.1, 0.15) is 0 Å². The van der Waals surface area contributed by atoms with Gasteiger partial charge in [-0.3, -0.25) is 9.78 Å². The Morgan fingerprint density at radius 1 is 1.33 bits per heavy atom. The van der Waals surface area contributed by atoms with E-state index in [0.29, 0.717) is 30.5 Å². The molecule has 1 saturated carbocycles. The Morgan fingerprint density at radius 3 is 2.53 bits per heavy atom. The van der Waals surface area contributed by atoms with Crippen LogP contribution in [0.25, 0.3) is 22.1 Å². The molecule has 2 N–H and O–H groups in total. The molecule has 1 aromatic carbocycles. The SMILES string of the molecule is C=C(c1nc(CCCNC(=O)C2CC2)cc2c([NH-])cccc12)C(F)(F)F.[CH2-]CC.[Rh+2]. The Morgan fingerprint density at radius 2 is 1.97 bits per heavy atom. The number of aromatic nitrogens is 1. The fourth-order valence-electron chi connectivity index (χ4n) is 2.79. The number of hydrogen-bond acceptors (Lipinski definition) is 2. The topological polar surface area (TPSA) is 65.8 Å². The molecule has 4 nitrogen and oxygen atoms in total. The average molecular weight is 508 g/mol. The second-order valence-electron chi connectivity index (χ2n) is 7.01. The number of nitrogens with one attached hydrogen (secondary N) is 2. The van der Waals surface area contributed by atoms with E-state index in [1.54, 1.807) is 6.07 Å². The van der Waals surface area contributed by atoms with Gasteiger partial charge in [-0.2, -0.15) is 19.6 Å². The van der Waals surface area contributed by atoms with E-state index < -0.39 is 11.7 Å². The smallest absolute Gasteiger partial charge is 0.698 e. The molecule has 8 heteroatoms. The normalized spacial score (nSPS) is 13.1. The van der Waals surface area contributed by atoms with Gasteiger partial charge in [-0.05, 0) is 37.1 Å². The Bertz CT molecular complexity index is 880. The first kappa shape index (κ1) is 26.1. The molecule has 1 aromatic heterocycles. The van der Waals surface area contributed by atoms with Gasteiger partial charge in [-0.25, -0.2) is 0 Å². The van der Waals surface area contributed by atoms with Gasteiger partial charge in [0.2, 0.25) is 5.91 Å². The van der Waals surface area contributed by atoms with Gasteiger partial charge < -0.3 is 18.0 Å².